The highest BCUT2D eigenvalue weighted by atomic mass is 16.5. The van der Waals surface area contributed by atoms with Gasteiger partial charge in [0.25, 0.3) is 0 Å². The fourth-order valence-corrected chi connectivity index (χ4v) is 2.66. The SMILES string of the molecule is CCC1(CC)CC(NC(=O)NCCC(C)C(=O)O)CCO1. The summed E-state index contributed by atoms with van der Waals surface area (Å²) in [6.07, 6.45) is 3.98. The third-order valence-electron chi connectivity index (χ3n) is 4.40. The Hall–Kier alpha value is -1.30. The van der Waals surface area contributed by atoms with Crippen LogP contribution in [0.2, 0.25) is 0 Å². The summed E-state index contributed by atoms with van der Waals surface area (Å²) in [5.74, 6) is -1.28. The van der Waals surface area contributed by atoms with E-state index in [2.05, 4.69) is 24.5 Å². The van der Waals surface area contributed by atoms with Crippen molar-refractivity contribution in [3.63, 3.8) is 0 Å². The Labute approximate surface area is 126 Å². The number of aliphatic carboxylic acids is 1. The zero-order valence-corrected chi connectivity index (χ0v) is 13.3. The summed E-state index contributed by atoms with van der Waals surface area (Å²) >= 11 is 0. The van der Waals surface area contributed by atoms with E-state index >= 15 is 0 Å². The van der Waals surface area contributed by atoms with Gasteiger partial charge in [-0.1, -0.05) is 20.8 Å². The number of rotatable bonds is 7. The van der Waals surface area contributed by atoms with Crippen molar-refractivity contribution in [2.75, 3.05) is 13.2 Å². The standard InChI is InChI=1S/C15H28N2O4/c1-4-15(5-2)10-12(7-9-21-15)17-14(20)16-8-6-11(3)13(18)19/h11-12H,4-10H2,1-3H3,(H,18,19)(H2,16,17,20). The van der Waals surface area contributed by atoms with Crippen LogP contribution in [0.4, 0.5) is 4.79 Å². The molecule has 0 aromatic carbocycles. The van der Waals surface area contributed by atoms with Gasteiger partial charge in [-0.25, -0.2) is 4.79 Å². The van der Waals surface area contributed by atoms with Gasteiger partial charge >= 0.3 is 12.0 Å². The molecule has 1 heterocycles. The van der Waals surface area contributed by atoms with Crippen LogP contribution in [0, 0.1) is 5.92 Å². The number of hydrogen-bond donors (Lipinski definition) is 3. The summed E-state index contributed by atoms with van der Waals surface area (Å²) < 4.78 is 5.88. The summed E-state index contributed by atoms with van der Waals surface area (Å²) in [5.41, 5.74) is -0.117. The van der Waals surface area contributed by atoms with Gasteiger partial charge in [0.05, 0.1) is 11.5 Å². The highest BCUT2D eigenvalue weighted by Gasteiger charge is 2.34. The molecule has 1 fully saturated rings. The van der Waals surface area contributed by atoms with E-state index in [0.29, 0.717) is 19.6 Å². The second-order valence-corrected chi connectivity index (χ2v) is 5.86. The lowest BCUT2D eigenvalue weighted by Crippen LogP contribution is -2.50. The summed E-state index contributed by atoms with van der Waals surface area (Å²) in [7, 11) is 0. The molecule has 21 heavy (non-hydrogen) atoms. The molecule has 122 valence electrons. The molecule has 0 aromatic rings. The molecule has 6 heteroatoms. The van der Waals surface area contributed by atoms with Crippen molar-refractivity contribution in [3.8, 4) is 0 Å². The first-order chi connectivity index (χ1) is 9.92. The Morgan fingerprint density at radius 3 is 2.62 bits per heavy atom. The molecule has 0 radical (unpaired) electrons. The van der Waals surface area contributed by atoms with E-state index in [9.17, 15) is 9.59 Å². The predicted octanol–water partition coefficient (Wildman–Crippen LogP) is 2.13. The highest BCUT2D eigenvalue weighted by molar-refractivity contribution is 5.74. The maximum atomic E-state index is 11.8. The molecule has 0 saturated carbocycles. The Bertz CT molecular complexity index is 356. The number of amides is 2. The van der Waals surface area contributed by atoms with E-state index in [1.807, 2.05) is 0 Å². The van der Waals surface area contributed by atoms with Crippen molar-refractivity contribution < 1.29 is 19.4 Å². The van der Waals surface area contributed by atoms with E-state index in [0.717, 1.165) is 25.7 Å². The lowest BCUT2D eigenvalue weighted by Gasteiger charge is -2.40. The summed E-state index contributed by atoms with van der Waals surface area (Å²) in [4.78, 5) is 22.5. The first-order valence-electron chi connectivity index (χ1n) is 7.83. The fourth-order valence-electron chi connectivity index (χ4n) is 2.66. The average molecular weight is 300 g/mol. The van der Waals surface area contributed by atoms with Gasteiger partial charge in [-0.2, -0.15) is 0 Å². The second-order valence-electron chi connectivity index (χ2n) is 5.86. The third kappa shape index (κ3) is 5.53. The van der Waals surface area contributed by atoms with E-state index in [4.69, 9.17) is 9.84 Å². The van der Waals surface area contributed by atoms with Crippen LogP contribution in [-0.4, -0.2) is 41.9 Å². The lowest BCUT2D eigenvalue weighted by atomic mass is 9.86. The molecule has 0 aromatic heterocycles. The van der Waals surface area contributed by atoms with Crippen LogP contribution in [0.25, 0.3) is 0 Å². The topological polar surface area (TPSA) is 87.7 Å². The van der Waals surface area contributed by atoms with Crippen molar-refractivity contribution in [2.45, 2.75) is 64.5 Å². The number of carboxylic acid groups (broad SMARTS) is 1. The molecule has 3 N–H and O–H groups in total. The minimum Gasteiger partial charge on any atom is -0.481 e. The van der Waals surface area contributed by atoms with Gasteiger partial charge in [0.15, 0.2) is 0 Å². The minimum atomic E-state index is -0.836. The zero-order valence-electron chi connectivity index (χ0n) is 13.3. The molecule has 1 aliphatic heterocycles. The third-order valence-corrected chi connectivity index (χ3v) is 4.40. The Balaban J connectivity index is 2.32. The normalized spacial score (nSPS) is 22.3. The number of carbonyl (C=O) groups excluding carboxylic acids is 1. The summed E-state index contributed by atoms with van der Waals surface area (Å²) in [5, 5.41) is 14.5. The fraction of sp³-hybridized carbons (Fsp3) is 0.867. The molecule has 0 bridgehead atoms. The zero-order chi connectivity index (χ0) is 15.9. The van der Waals surface area contributed by atoms with Gasteiger partial charge in [0.2, 0.25) is 0 Å². The Morgan fingerprint density at radius 2 is 2.05 bits per heavy atom. The van der Waals surface area contributed by atoms with Crippen LogP contribution in [0.1, 0.15) is 52.9 Å². The molecule has 6 nitrogen and oxygen atoms in total. The number of hydrogen-bond acceptors (Lipinski definition) is 3. The summed E-state index contributed by atoms with van der Waals surface area (Å²) in [6.45, 7) is 6.90. The summed E-state index contributed by atoms with van der Waals surface area (Å²) in [6, 6.07) is -0.101. The van der Waals surface area contributed by atoms with Gasteiger partial charge in [0.1, 0.15) is 0 Å². The van der Waals surface area contributed by atoms with E-state index in [-0.39, 0.29) is 17.7 Å². The van der Waals surface area contributed by atoms with Gasteiger partial charge in [-0.3, -0.25) is 4.79 Å². The first-order valence-corrected chi connectivity index (χ1v) is 7.83. The molecule has 1 saturated heterocycles. The molecular weight excluding hydrogens is 272 g/mol. The van der Waals surface area contributed by atoms with Crippen LogP contribution in [-0.2, 0) is 9.53 Å². The van der Waals surface area contributed by atoms with Crippen molar-refractivity contribution in [1.82, 2.24) is 10.6 Å². The maximum absolute atomic E-state index is 11.8. The molecule has 1 rings (SSSR count). The van der Waals surface area contributed by atoms with E-state index in [1.54, 1.807) is 6.92 Å². The van der Waals surface area contributed by atoms with E-state index < -0.39 is 11.9 Å². The number of carbonyl (C=O) groups is 2. The monoisotopic (exact) mass is 300 g/mol. The Morgan fingerprint density at radius 1 is 1.38 bits per heavy atom. The van der Waals surface area contributed by atoms with Crippen LogP contribution < -0.4 is 10.6 Å². The number of urea groups is 1. The van der Waals surface area contributed by atoms with Crippen molar-refractivity contribution >= 4 is 12.0 Å². The number of ether oxygens (including phenoxy) is 1. The predicted molar refractivity (Wildman–Crippen MR) is 80.2 cm³/mol. The van der Waals surface area contributed by atoms with Crippen molar-refractivity contribution in [1.29, 1.82) is 0 Å². The maximum Gasteiger partial charge on any atom is 0.315 e. The van der Waals surface area contributed by atoms with Crippen molar-refractivity contribution in [2.24, 2.45) is 5.92 Å². The minimum absolute atomic E-state index is 0.117. The average Bonchev–Trinajstić information content (AvgIpc) is 2.47. The van der Waals surface area contributed by atoms with Crippen LogP contribution in [0.5, 0.6) is 0 Å². The first kappa shape index (κ1) is 17.8. The van der Waals surface area contributed by atoms with Crippen LogP contribution >= 0.6 is 0 Å². The van der Waals surface area contributed by atoms with Gasteiger partial charge < -0.3 is 20.5 Å². The van der Waals surface area contributed by atoms with Crippen LogP contribution in [0.15, 0.2) is 0 Å². The molecule has 0 aliphatic carbocycles. The smallest absolute Gasteiger partial charge is 0.315 e. The van der Waals surface area contributed by atoms with Crippen molar-refractivity contribution in [3.05, 3.63) is 0 Å². The molecule has 2 atom stereocenters. The number of nitrogens with one attached hydrogen (secondary N) is 2. The molecule has 2 amide bonds. The van der Waals surface area contributed by atoms with Gasteiger partial charge in [-0.15, -0.1) is 0 Å². The highest BCUT2D eigenvalue weighted by Crippen LogP contribution is 2.31. The quantitative estimate of drug-likeness (QED) is 0.672. The lowest BCUT2D eigenvalue weighted by molar-refractivity contribution is -0.141. The molecular formula is C15H28N2O4. The Kier molecular flexibility index (Phi) is 6.95. The largest absolute Gasteiger partial charge is 0.481 e. The van der Waals surface area contributed by atoms with Crippen LogP contribution in [0.3, 0.4) is 0 Å². The van der Waals surface area contributed by atoms with Gasteiger partial charge in [0, 0.05) is 19.2 Å². The van der Waals surface area contributed by atoms with Gasteiger partial charge in [-0.05, 0) is 32.1 Å². The molecule has 1 aliphatic rings. The molecule has 0 spiro atoms. The second kappa shape index (κ2) is 8.22. The van der Waals surface area contributed by atoms with E-state index in [1.165, 1.54) is 0 Å². The molecule has 2 unspecified atom stereocenters. The number of carboxylic acids is 1.